The van der Waals surface area contributed by atoms with Gasteiger partial charge in [0.2, 0.25) is 0 Å². The molecule has 2 rings (SSSR count). The maximum absolute atomic E-state index is 11.6. The number of hydrogen-bond donors (Lipinski definition) is 2. The van der Waals surface area contributed by atoms with Crippen LogP contribution in [0.1, 0.15) is 46.0 Å². The number of carbonyl (C=O) groups is 1. The molecule has 3 atom stereocenters. The lowest BCUT2D eigenvalue weighted by molar-refractivity contribution is -0.148. The molecule has 2 fully saturated rings. The number of rotatable bonds is 4. The minimum Gasteiger partial charge on any atom is -0.480 e. The van der Waals surface area contributed by atoms with E-state index in [1.165, 1.54) is 6.42 Å². The SMILES string of the molecule is CCC(C)NC1(C(=O)O)CCN2CCCC2C1. The molecule has 0 saturated carbocycles. The number of piperidine rings is 1. The molecule has 0 radical (unpaired) electrons. The minimum absolute atomic E-state index is 0.277. The first kappa shape index (κ1) is 12.8. The van der Waals surface area contributed by atoms with Gasteiger partial charge < -0.3 is 10.0 Å². The number of nitrogens with zero attached hydrogens (tertiary/aromatic N) is 1. The van der Waals surface area contributed by atoms with Gasteiger partial charge in [0.05, 0.1) is 0 Å². The van der Waals surface area contributed by atoms with Gasteiger partial charge in [-0.3, -0.25) is 10.1 Å². The monoisotopic (exact) mass is 240 g/mol. The van der Waals surface area contributed by atoms with Crippen LogP contribution in [-0.4, -0.2) is 46.7 Å². The highest BCUT2D eigenvalue weighted by atomic mass is 16.4. The quantitative estimate of drug-likeness (QED) is 0.781. The van der Waals surface area contributed by atoms with Crippen LogP contribution in [0.4, 0.5) is 0 Å². The van der Waals surface area contributed by atoms with Gasteiger partial charge in [-0.15, -0.1) is 0 Å². The minimum atomic E-state index is -0.680. The zero-order chi connectivity index (χ0) is 12.5. The molecule has 2 aliphatic heterocycles. The van der Waals surface area contributed by atoms with Gasteiger partial charge in [0.15, 0.2) is 0 Å². The summed E-state index contributed by atoms with van der Waals surface area (Å²) in [7, 11) is 0. The van der Waals surface area contributed by atoms with E-state index in [2.05, 4.69) is 24.1 Å². The maximum atomic E-state index is 11.6. The van der Waals surface area contributed by atoms with Crippen molar-refractivity contribution in [3.63, 3.8) is 0 Å². The van der Waals surface area contributed by atoms with Crippen LogP contribution in [0.3, 0.4) is 0 Å². The Balaban J connectivity index is 2.09. The lowest BCUT2D eigenvalue weighted by atomic mass is 9.82. The molecule has 4 heteroatoms. The first-order valence-electron chi connectivity index (χ1n) is 6.82. The fourth-order valence-electron chi connectivity index (χ4n) is 3.22. The Morgan fingerprint density at radius 1 is 1.59 bits per heavy atom. The standard InChI is InChI=1S/C13H24N2O2/c1-3-10(2)14-13(12(16)17)6-8-15-7-4-5-11(15)9-13/h10-11,14H,3-9H2,1-2H3,(H,16,17). The lowest BCUT2D eigenvalue weighted by Gasteiger charge is -2.43. The van der Waals surface area contributed by atoms with E-state index in [1.54, 1.807) is 0 Å². The van der Waals surface area contributed by atoms with Crippen molar-refractivity contribution in [3.05, 3.63) is 0 Å². The number of nitrogens with one attached hydrogen (secondary N) is 1. The molecule has 0 aliphatic carbocycles. The summed E-state index contributed by atoms with van der Waals surface area (Å²) in [5.41, 5.74) is -0.680. The highest BCUT2D eigenvalue weighted by Gasteiger charge is 2.46. The van der Waals surface area contributed by atoms with Crippen molar-refractivity contribution in [3.8, 4) is 0 Å². The van der Waals surface area contributed by atoms with Crippen molar-refractivity contribution in [1.82, 2.24) is 10.2 Å². The molecule has 17 heavy (non-hydrogen) atoms. The van der Waals surface area contributed by atoms with Gasteiger partial charge in [-0.25, -0.2) is 0 Å². The van der Waals surface area contributed by atoms with Gasteiger partial charge in [0.25, 0.3) is 0 Å². The van der Waals surface area contributed by atoms with Crippen LogP contribution in [0.5, 0.6) is 0 Å². The topological polar surface area (TPSA) is 52.6 Å². The largest absolute Gasteiger partial charge is 0.480 e. The fourth-order valence-corrected chi connectivity index (χ4v) is 3.22. The molecule has 4 nitrogen and oxygen atoms in total. The Bertz CT molecular complexity index is 295. The van der Waals surface area contributed by atoms with E-state index in [4.69, 9.17) is 0 Å². The Hall–Kier alpha value is -0.610. The van der Waals surface area contributed by atoms with Crippen LogP contribution < -0.4 is 5.32 Å². The first-order valence-corrected chi connectivity index (χ1v) is 6.82. The number of hydrogen-bond acceptors (Lipinski definition) is 3. The third kappa shape index (κ3) is 2.47. The average molecular weight is 240 g/mol. The molecule has 0 aromatic heterocycles. The van der Waals surface area contributed by atoms with E-state index in [1.807, 2.05) is 0 Å². The predicted molar refractivity (Wildman–Crippen MR) is 67.1 cm³/mol. The first-order chi connectivity index (χ1) is 8.07. The normalized spacial score (nSPS) is 35.5. The van der Waals surface area contributed by atoms with Gasteiger partial charge >= 0.3 is 5.97 Å². The van der Waals surface area contributed by atoms with E-state index >= 15 is 0 Å². The predicted octanol–water partition coefficient (Wildman–Crippen LogP) is 1.46. The Morgan fingerprint density at radius 3 is 3.00 bits per heavy atom. The van der Waals surface area contributed by atoms with E-state index in [-0.39, 0.29) is 6.04 Å². The fraction of sp³-hybridized carbons (Fsp3) is 0.923. The second kappa shape index (κ2) is 4.94. The van der Waals surface area contributed by atoms with Crippen molar-refractivity contribution in [2.24, 2.45) is 0 Å². The van der Waals surface area contributed by atoms with Crippen molar-refractivity contribution in [1.29, 1.82) is 0 Å². The molecule has 0 amide bonds. The van der Waals surface area contributed by atoms with Crippen molar-refractivity contribution in [2.45, 2.75) is 63.6 Å². The van der Waals surface area contributed by atoms with Crippen molar-refractivity contribution < 1.29 is 9.90 Å². The number of carboxylic acids is 1. The van der Waals surface area contributed by atoms with E-state index in [9.17, 15) is 9.90 Å². The summed E-state index contributed by atoms with van der Waals surface area (Å²) >= 11 is 0. The van der Waals surface area contributed by atoms with Gasteiger partial charge in [0.1, 0.15) is 5.54 Å². The molecule has 98 valence electrons. The second-order valence-electron chi connectivity index (χ2n) is 5.63. The third-order valence-corrected chi connectivity index (χ3v) is 4.45. The van der Waals surface area contributed by atoms with Crippen LogP contribution in [0, 0.1) is 0 Å². The Labute approximate surface area is 103 Å². The van der Waals surface area contributed by atoms with Crippen LogP contribution in [0.15, 0.2) is 0 Å². The van der Waals surface area contributed by atoms with Crippen LogP contribution in [-0.2, 0) is 4.79 Å². The molecule has 0 aromatic rings. The van der Waals surface area contributed by atoms with E-state index in [0.717, 1.165) is 38.8 Å². The summed E-state index contributed by atoms with van der Waals surface area (Å²) in [6.45, 7) is 6.26. The van der Waals surface area contributed by atoms with E-state index < -0.39 is 11.5 Å². The van der Waals surface area contributed by atoms with Gasteiger partial charge in [-0.05, 0) is 45.6 Å². The molecule has 2 heterocycles. The number of carboxylic acid groups (broad SMARTS) is 1. The zero-order valence-corrected chi connectivity index (χ0v) is 10.9. The summed E-state index contributed by atoms with van der Waals surface area (Å²) < 4.78 is 0. The molecule has 0 aromatic carbocycles. The summed E-state index contributed by atoms with van der Waals surface area (Å²) in [5.74, 6) is -0.663. The molecule has 0 bridgehead atoms. The zero-order valence-electron chi connectivity index (χ0n) is 10.9. The maximum Gasteiger partial charge on any atom is 0.324 e. The molecular formula is C13H24N2O2. The van der Waals surface area contributed by atoms with Crippen LogP contribution in [0.2, 0.25) is 0 Å². The Morgan fingerprint density at radius 2 is 2.35 bits per heavy atom. The molecule has 2 aliphatic rings. The third-order valence-electron chi connectivity index (χ3n) is 4.45. The number of fused-ring (bicyclic) bond motifs is 1. The summed E-state index contributed by atoms with van der Waals surface area (Å²) in [4.78, 5) is 14.1. The van der Waals surface area contributed by atoms with Gasteiger partial charge in [-0.1, -0.05) is 6.92 Å². The molecular weight excluding hydrogens is 216 g/mol. The molecule has 2 N–H and O–H groups in total. The Kier molecular flexibility index (Phi) is 3.73. The number of aliphatic carboxylic acids is 1. The second-order valence-corrected chi connectivity index (χ2v) is 5.63. The average Bonchev–Trinajstić information content (AvgIpc) is 2.75. The van der Waals surface area contributed by atoms with Crippen LogP contribution >= 0.6 is 0 Å². The van der Waals surface area contributed by atoms with Crippen LogP contribution in [0.25, 0.3) is 0 Å². The van der Waals surface area contributed by atoms with Crippen molar-refractivity contribution >= 4 is 5.97 Å². The highest BCUT2D eigenvalue weighted by molar-refractivity contribution is 5.79. The van der Waals surface area contributed by atoms with E-state index in [0.29, 0.717) is 6.04 Å². The summed E-state index contributed by atoms with van der Waals surface area (Å²) in [6.07, 6.45) is 4.88. The molecule has 2 saturated heterocycles. The van der Waals surface area contributed by atoms with Gasteiger partial charge in [-0.2, -0.15) is 0 Å². The van der Waals surface area contributed by atoms with Gasteiger partial charge in [0, 0.05) is 18.6 Å². The lowest BCUT2D eigenvalue weighted by Crippen LogP contribution is -2.62. The van der Waals surface area contributed by atoms with Crippen molar-refractivity contribution in [2.75, 3.05) is 13.1 Å². The molecule has 0 spiro atoms. The summed E-state index contributed by atoms with van der Waals surface area (Å²) in [6, 6.07) is 0.760. The summed E-state index contributed by atoms with van der Waals surface area (Å²) in [5, 5.41) is 12.9. The highest BCUT2D eigenvalue weighted by Crippen LogP contribution is 2.33. The smallest absolute Gasteiger partial charge is 0.324 e. The molecule has 3 unspecified atom stereocenters.